The van der Waals surface area contributed by atoms with Crippen LogP contribution in [-0.4, -0.2) is 36.6 Å². The summed E-state index contributed by atoms with van der Waals surface area (Å²) in [5.74, 6) is 0.925. The number of hydrogen-bond acceptors (Lipinski definition) is 2. The van der Waals surface area contributed by atoms with Crippen LogP contribution in [0.5, 0.6) is 0 Å². The predicted octanol–water partition coefficient (Wildman–Crippen LogP) is 3.28. The molecule has 0 aromatic rings. The van der Waals surface area contributed by atoms with Gasteiger partial charge in [-0.2, -0.15) is 0 Å². The smallest absolute Gasteiger partial charge is 0.00697 e. The van der Waals surface area contributed by atoms with E-state index in [-0.39, 0.29) is 0 Å². The Kier molecular flexibility index (Phi) is 4.71. The summed E-state index contributed by atoms with van der Waals surface area (Å²) in [5, 5.41) is 3.73. The van der Waals surface area contributed by atoms with Crippen molar-refractivity contribution in [2.45, 2.75) is 71.9 Å². The largest absolute Gasteiger partial charge is 0.313 e. The van der Waals surface area contributed by atoms with Gasteiger partial charge in [-0.15, -0.1) is 0 Å². The van der Waals surface area contributed by atoms with Gasteiger partial charge in [0.25, 0.3) is 0 Å². The first-order valence-electron chi connectivity index (χ1n) is 8.00. The lowest BCUT2D eigenvalue weighted by atomic mass is 9.84. The van der Waals surface area contributed by atoms with Crippen molar-refractivity contribution in [2.75, 3.05) is 19.6 Å². The number of nitrogens with one attached hydrogen (secondary N) is 1. The van der Waals surface area contributed by atoms with Gasteiger partial charge in [-0.1, -0.05) is 20.8 Å². The third-order valence-corrected chi connectivity index (χ3v) is 5.11. The van der Waals surface area contributed by atoms with Crippen LogP contribution in [0.4, 0.5) is 0 Å². The van der Waals surface area contributed by atoms with E-state index < -0.39 is 0 Å². The van der Waals surface area contributed by atoms with E-state index in [1.165, 1.54) is 51.7 Å². The maximum absolute atomic E-state index is 3.73. The third kappa shape index (κ3) is 3.96. The van der Waals surface area contributed by atoms with Crippen molar-refractivity contribution >= 4 is 0 Å². The molecule has 1 N–H and O–H groups in total. The molecule has 0 radical (unpaired) electrons. The topological polar surface area (TPSA) is 15.3 Å². The fourth-order valence-electron chi connectivity index (χ4n) is 3.15. The number of nitrogens with zero attached hydrogens (tertiary/aromatic N) is 1. The van der Waals surface area contributed by atoms with Crippen molar-refractivity contribution in [1.29, 1.82) is 0 Å². The molecule has 1 heterocycles. The molecular weight excluding hydrogens is 220 g/mol. The Labute approximate surface area is 114 Å². The van der Waals surface area contributed by atoms with E-state index in [0.717, 1.165) is 18.0 Å². The third-order valence-electron chi connectivity index (χ3n) is 5.11. The number of likely N-dealkylation sites (tertiary alicyclic amines) is 1. The van der Waals surface area contributed by atoms with Crippen LogP contribution in [0.25, 0.3) is 0 Å². The van der Waals surface area contributed by atoms with Crippen molar-refractivity contribution in [1.82, 2.24) is 10.2 Å². The average Bonchev–Trinajstić information content (AvgIpc) is 3.14. The van der Waals surface area contributed by atoms with Crippen LogP contribution in [0.1, 0.15) is 59.8 Å². The molecule has 3 atom stereocenters. The lowest BCUT2D eigenvalue weighted by Gasteiger charge is -2.42. The zero-order valence-corrected chi connectivity index (χ0v) is 12.8. The molecule has 0 aromatic heterocycles. The molecule has 1 saturated heterocycles. The summed E-state index contributed by atoms with van der Waals surface area (Å²) >= 11 is 0. The minimum Gasteiger partial charge on any atom is -0.313 e. The molecule has 0 spiro atoms. The van der Waals surface area contributed by atoms with E-state index >= 15 is 0 Å². The van der Waals surface area contributed by atoms with Crippen molar-refractivity contribution < 1.29 is 0 Å². The second-order valence-corrected chi connectivity index (χ2v) is 7.27. The number of rotatable bonds is 6. The average molecular weight is 252 g/mol. The molecule has 0 aromatic carbocycles. The highest BCUT2D eigenvalue weighted by molar-refractivity contribution is 4.88. The summed E-state index contributed by atoms with van der Waals surface area (Å²) < 4.78 is 0. The molecule has 2 heteroatoms. The Bertz CT molecular complexity index is 262. The Balaban J connectivity index is 1.83. The maximum atomic E-state index is 3.73. The van der Waals surface area contributed by atoms with Gasteiger partial charge in [0.15, 0.2) is 0 Å². The normalized spacial score (nSPS) is 33.3. The molecule has 1 aliphatic carbocycles. The minimum absolute atomic E-state index is 0.456. The second-order valence-electron chi connectivity index (χ2n) is 7.27. The predicted molar refractivity (Wildman–Crippen MR) is 78.9 cm³/mol. The van der Waals surface area contributed by atoms with Crippen LogP contribution in [0, 0.1) is 11.3 Å². The Morgan fingerprint density at radius 3 is 2.50 bits per heavy atom. The summed E-state index contributed by atoms with van der Waals surface area (Å²) in [7, 11) is 0. The molecule has 1 aliphatic heterocycles. The van der Waals surface area contributed by atoms with Gasteiger partial charge in [0.05, 0.1) is 0 Å². The zero-order chi connectivity index (χ0) is 13.2. The van der Waals surface area contributed by atoms with Crippen molar-refractivity contribution in [2.24, 2.45) is 11.3 Å². The van der Waals surface area contributed by atoms with E-state index in [9.17, 15) is 0 Å². The van der Waals surface area contributed by atoms with E-state index in [4.69, 9.17) is 0 Å². The summed E-state index contributed by atoms with van der Waals surface area (Å²) in [6, 6.07) is 1.62. The SMILES string of the molecule is CCC(C)(CNC1CC1)CN1CCC(C)CC1C. The summed E-state index contributed by atoms with van der Waals surface area (Å²) in [6.07, 6.45) is 6.86. The van der Waals surface area contributed by atoms with Gasteiger partial charge in [0, 0.05) is 25.2 Å². The first-order valence-corrected chi connectivity index (χ1v) is 8.00. The Hall–Kier alpha value is -0.0800. The van der Waals surface area contributed by atoms with Gasteiger partial charge >= 0.3 is 0 Å². The molecule has 2 nitrogen and oxygen atoms in total. The maximum Gasteiger partial charge on any atom is 0.00697 e. The second kappa shape index (κ2) is 5.92. The first-order chi connectivity index (χ1) is 8.52. The van der Waals surface area contributed by atoms with E-state index in [0.29, 0.717) is 5.41 Å². The van der Waals surface area contributed by atoms with Gasteiger partial charge in [0.2, 0.25) is 0 Å². The fourth-order valence-corrected chi connectivity index (χ4v) is 3.15. The van der Waals surface area contributed by atoms with Crippen molar-refractivity contribution in [3.05, 3.63) is 0 Å². The summed E-state index contributed by atoms with van der Waals surface area (Å²) in [6.45, 7) is 13.4. The van der Waals surface area contributed by atoms with Gasteiger partial charge < -0.3 is 10.2 Å². The highest BCUT2D eigenvalue weighted by atomic mass is 15.2. The monoisotopic (exact) mass is 252 g/mol. The van der Waals surface area contributed by atoms with Gasteiger partial charge in [0.1, 0.15) is 0 Å². The minimum atomic E-state index is 0.456. The molecule has 2 aliphatic rings. The highest BCUT2D eigenvalue weighted by Crippen LogP contribution is 2.29. The fraction of sp³-hybridized carbons (Fsp3) is 1.00. The molecule has 0 bridgehead atoms. The lowest BCUT2D eigenvalue weighted by Crippen LogP contribution is -2.48. The molecule has 0 amide bonds. The van der Waals surface area contributed by atoms with E-state index in [2.05, 4.69) is 37.9 Å². The van der Waals surface area contributed by atoms with Gasteiger partial charge in [-0.25, -0.2) is 0 Å². The van der Waals surface area contributed by atoms with E-state index in [1.807, 2.05) is 0 Å². The Morgan fingerprint density at radius 1 is 1.22 bits per heavy atom. The first kappa shape index (κ1) is 14.3. The number of piperidine rings is 1. The molecule has 18 heavy (non-hydrogen) atoms. The van der Waals surface area contributed by atoms with Gasteiger partial charge in [-0.05, 0) is 56.9 Å². The van der Waals surface area contributed by atoms with Crippen LogP contribution >= 0.6 is 0 Å². The summed E-state index contributed by atoms with van der Waals surface area (Å²) in [5.41, 5.74) is 0.456. The molecule has 2 fully saturated rings. The molecule has 106 valence electrons. The Morgan fingerprint density at radius 2 is 1.94 bits per heavy atom. The highest BCUT2D eigenvalue weighted by Gasteiger charge is 2.32. The van der Waals surface area contributed by atoms with Gasteiger partial charge in [-0.3, -0.25) is 0 Å². The summed E-state index contributed by atoms with van der Waals surface area (Å²) in [4.78, 5) is 2.73. The standard InChI is InChI=1S/C16H32N2/c1-5-16(4,11-17-15-6-7-15)12-18-9-8-13(2)10-14(18)3/h13-15,17H,5-12H2,1-4H3. The molecule has 2 rings (SSSR count). The molecule has 3 unspecified atom stereocenters. The van der Waals surface area contributed by atoms with Crippen LogP contribution in [0.2, 0.25) is 0 Å². The van der Waals surface area contributed by atoms with Crippen LogP contribution < -0.4 is 5.32 Å². The molecular formula is C16H32N2. The van der Waals surface area contributed by atoms with Crippen LogP contribution in [-0.2, 0) is 0 Å². The van der Waals surface area contributed by atoms with Crippen LogP contribution in [0.15, 0.2) is 0 Å². The number of hydrogen-bond donors (Lipinski definition) is 1. The van der Waals surface area contributed by atoms with E-state index in [1.54, 1.807) is 0 Å². The van der Waals surface area contributed by atoms with Crippen molar-refractivity contribution in [3.63, 3.8) is 0 Å². The quantitative estimate of drug-likeness (QED) is 0.780. The zero-order valence-electron chi connectivity index (χ0n) is 12.8. The molecule has 1 saturated carbocycles. The van der Waals surface area contributed by atoms with Crippen LogP contribution in [0.3, 0.4) is 0 Å². The lowest BCUT2D eigenvalue weighted by molar-refractivity contribution is 0.0747. The van der Waals surface area contributed by atoms with Crippen molar-refractivity contribution in [3.8, 4) is 0 Å².